The number of rotatable bonds is 9. The van der Waals surface area contributed by atoms with Crippen molar-refractivity contribution in [3.8, 4) is 5.75 Å². The maximum atomic E-state index is 13.0. The minimum atomic E-state index is -3.53. The number of nitrogens with one attached hydrogen (secondary N) is 2. The normalized spacial score (nSPS) is 12.4. The third-order valence-electron chi connectivity index (χ3n) is 4.84. The van der Waals surface area contributed by atoms with E-state index in [4.69, 9.17) is 4.74 Å². The van der Waals surface area contributed by atoms with Gasteiger partial charge in [-0.15, -0.1) is 0 Å². The summed E-state index contributed by atoms with van der Waals surface area (Å²) < 4.78 is 31.6. The van der Waals surface area contributed by atoms with Gasteiger partial charge in [0.15, 0.2) is 0 Å². The summed E-state index contributed by atoms with van der Waals surface area (Å²) in [5.74, 6) is 0.384. The first-order chi connectivity index (χ1) is 14.9. The van der Waals surface area contributed by atoms with Gasteiger partial charge in [-0.05, 0) is 28.8 Å². The van der Waals surface area contributed by atoms with Gasteiger partial charge in [0.25, 0.3) is 0 Å². The Morgan fingerprint density at radius 3 is 1.81 bits per heavy atom. The molecule has 3 rings (SSSR count). The number of hydrogen-bond donors (Lipinski definition) is 2. The predicted octanol–water partition coefficient (Wildman–Crippen LogP) is 3.58. The van der Waals surface area contributed by atoms with E-state index in [0.29, 0.717) is 11.3 Å². The van der Waals surface area contributed by atoms with Gasteiger partial charge in [-0.2, -0.15) is 0 Å². The molecule has 0 aliphatic heterocycles. The van der Waals surface area contributed by atoms with Crippen molar-refractivity contribution in [2.75, 3.05) is 13.4 Å². The molecule has 2 N–H and O–H groups in total. The fraction of sp³-hybridized carbons (Fsp3) is 0.208. The molecular weight excluding hydrogens is 412 g/mol. The number of carbonyl (C=O) groups excluding carboxylic acids is 1. The smallest absolute Gasteiger partial charge is 0.222 e. The van der Waals surface area contributed by atoms with E-state index in [9.17, 15) is 13.2 Å². The Bertz CT molecular complexity index is 1050. The maximum absolute atomic E-state index is 13.0. The maximum Gasteiger partial charge on any atom is 0.222 e. The van der Waals surface area contributed by atoms with Crippen molar-refractivity contribution in [1.29, 1.82) is 0 Å². The minimum Gasteiger partial charge on any atom is -0.497 e. The molecule has 0 aliphatic rings. The first-order valence-electron chi connectivity index (χ1n) is 9.86. The van der Waals surface area contributed by atoms with Gasteiger partial charge in [0, 0.05) is 6.42 Å². The van der Waals surface area contributed by atoms with E-state index >= 15 is 0 Å². The molecule has 31 heavy (non-hydrogen) atoms. The Morgan fingerprint density at radius 1 is 0.839 bits per heavy atom. The molecule has 162 valence electrons. The van der Waals surface area contributed by atoms with Gasteiger partial charge >= 0.3 is 0 Å². The molecule has 7 heteroatoms. The highest BCUT2D eigenvalue weighted by Crippen LogP contribution is 2.24. The second-order valence-electron chi connectivity index (χ2n) is 7.24. The monoisotopic (exact) mass is 438 g/mol. The van der Waals surface area contributed by atoms with E-state index in [0.717, 1.165) is 17.4 Å². The zero-order valence-electron chi connectivity index (χ0n) is 17.5. The van der Waals surface area contributed by atoms with E-state index in [-0.39, 0.29) is 18.4 Å². The molecule has 0 heterocycles. The Hall–Kier alpha value is -3.16. The van der Waals surface area contributed by atoms with Crippen LogP contribution in [0.2, 0.25) is 0 Å². The summed E-state index contributed by atoms with van der Waals surface area (Å²) in [4.78, 5) is 13.0. The average Bonchev–Trinajstić information content (AvgIpc) is 2.77. The van der Waals surface area contributed by atoms with Crippen molar-refractivity contribution in [2.24, 2.45) is 0 Å². The first kappa shape index (κ1) is 22.5. The Labute approximate surface area is 183 Å². The summed E-state index contributed by atoms with van der Waals surface area (Å²) in [5.41, 5.74) is 2.57. The minimum absolute atomic E-state index is 0.0461. The van der Waals surface area contributed by atoms with Gasteiger partial charge in [0.1, 0.15) is 5.75 Å². The molecule has 3 aromatic rings. The van der Waals surface area contributed by atoms with Crippen LogP contribution in [0, 0.1) is 0 Å². The molecular formula is C24H26N2O4S. The number of carbonyl (C=O) groups is 1. The summed E-state index contributed by atoms with van der Waals surface area (Å²) in [7, 11) is -1.97. The predicted molar refractivity (Wildman–Crippen MR) is 121 cm³/mol. The second kappa shape index (κ2) is 10.2. The van der Waals surface area contributed by atoms with Gasteiger partial charge in [-0.25, -0.2) is 13.1 Å². The molecule has 0 saturated carbocycles. The molecule has 0 fully saturated rings. The Balaban J connectivity index is 1.83. The molecule has 1 unspecified atom stereocenters. The topological polar surface area (TPSA) is 84.5 Å². The summed E-state index contributed by atoms with van der Waals surface area (Å²) in [6.07, 6.45) is 1.04. The summed E-state index contributed by atoms with van der Waals surface area (Å²) in [6.45, 7) is 0. The van der Waals surface area contributed by atoms with Crippen LogP contribution >= 0.6 is 0 Å². The Morgan fingerprint density at radius 2 is 1.35 bits per heavy atom. The molecule has 3 aromatic carbocycles. The number of hydrogen-bond acceptors (Lipinski definition) is 4. The average molecular weight is 439 g/mol. The lowest BCUT2D eigenvalue weighted by molar-refractivity contribution is -0.122. The standard InChI is InChI=1S/C24H26N2O4S/c1-30-21-15-13-18(14-16-21)22(26-31(2,28)29)17-23(27)25-24(19-9-5-3-6-10-19)20-11-7-4-8-12-20/h3-16,22,24,26H,17H2,1-2H3,(H,25,27). The van der Waals surface area contributed by atoms with E-state index < -0.39 is 16.1 Å². The van der Waals surface area contributed by atoms with Crippen LogP contribution in [0.4, 0.5) is 0 Å². The molecule has 0 bridgehead atoms. The Kier molecular flexibility index (Phi) is 7.44. The van der Waals surface area contributed by atoms with Crippen LogP contribution < -0.4 is 14.8 Å². The molecule has 0 spiro atoms. The third-order valence-corrected chi connectivity index (χ3v) is 5.55. The quantitative estimate of drug-likeness (QED) is 0.535. The highest BCUT2D eigenvalue weighted by Gasteiger charge is 2.23. The van der Waals surface area contributed by atoms with Crippen molar-refractivity contribution in [3.05, 3.63) is 102 Å². The lowest BCUT2D eigenvalue weighted by Crippen LogP contribution is -2.35. The van der Waals surface area contributed by atoms with Gasteiger partial charge in [-0.3, -0.25) is 4.79 Å². The van der Waals surface area contributed by atoms with Crippen LogP contribution in [0.3, 0.4) is 0 Å². The van der Waals surface area contributed by atoms with Crippen molar-refractivity contribution in [3.63, 3.8) is 0 Å². The first-order valence-corrected chi connectivity index (χ1v) is 11.8. The van der Waals surface area contributed by atoms with Crippen molar-refractivity contribution in [1.82, 2.24) is 10.0 Å². The SMILES string of the molecule is COc1ccc(C(CC(=O)NC(c2ccccc2)c2ccccc2)NS(C)(=O)=O)cc1. The lowest BCUT2D eigenvalue weighted by Gasteiger charge is -2.23. The molecule has 0 aliphatic carbocycles. The molecule has 6 nitrogen and oxygen atoms in total. The van der Waals surface area contributed by atoms with Crippen LogP contribution in [0.25, 0.3) is 0 Å². The molecule has 1 amide bonds. The van der Waals surface area contributed by atoms with Gasteiger partial charge in [-0.1, -0.05) is 72.8 Å². The van der Waals surface area contributed by atoms with Gasteiger partial charge in [0.05, 0.1) is 25.4 Å². The zero-order valence-corrected chi connectivity index (χ0v) is 18.3. The van der Waals surface area contributed by atoms with Crippen LogP contribution in [0.1, 0.15) is 35.2 Å². The fourth-order valence-electron chi connectivity index (χ4n) is 3.38. The highest BCUT2D eigenvalue weighted by atomic mass is 32.2. The summed E-state index contributed by atoms with van der Waals surface area (Å²) in [5, 5.41) is 3.06. The fourth-order valence-corrected chi connectivity index (χ4v) is 4.11. The number of sulfonamides is 1. The van der Waals surface area contributed by atoms with Crippen LogP contribution in [-0.2, 0) is 14.8 Å². The lowest BCUT2D eigenvalue weighted by atomic mass is 9.98. The second-order valence-corrected chi connectivity index (χ2v) is 9.02. The van der Waals surface area contributed by atoms with E-state index in [1.165, 1.54) is 0 Å². The summed E-state index contributed by atoms with van der Waals surface area (Å²) in [6, 6.07) is 25.3. The zero-order chi connectivity index (χ0) is 22.3. The van der Waals surface area contributed by atoms with Crippen molar-refractivity contribution in [2.45, 2.75) is 18.5 Å². The van der Waals surface area contributed by atoms with Crippen LogP contribution in [0.15, 0.2) is 84.9 Å². The van der Waals surface area contributed by atoms with E-state index in [1.807, 2.05) is 60.7 Å². The van der Waals surface area contributed by atoms with Crippen molar-refractivity contribution < 1.29 is 17.9 Å². The number of ether oxygens (including phenoxy) is 1. The molecule has 0 aromatic heterocycles. The van der Waals surface area contributed by atoms with Crippen LogP contribution in [0.5, 0.6) is 5.75 Å². The summed E-state index contributed by atoms with van der Waals surface area (Å²) >= 11 is 0. The number of methoxy groups -OCH3 is 1. The largest absolute Gasteiger partial charge is 0.497 e. The third kappa shape index (κ3) is 6.67. The van der Waals surface area contributed by atoms with E-state index in [1.54, 1.807) is 31.4 Å². The molecule has 0 saturated heterocycles. The van der Waals surface area contributed by atoms with Gasteiger partial charge in [0.2, 0.25) is 15.9 Å². The highest BCUT2D eigenvalue weighted by molar-refractivity contribution is 7.88. The number of amides is 1. The van der Waals surface area contributed by atoms with Crippen LogP contribution in [-0.4, -0.2) is 27.7 Å². The molecule has 0 radical (unpaired) electrons. The van der Waals surface area contributed by atoms with Crippen molar-refractivity contribution >= 4 is 15.9 Å². The number of benzene rings is 3. The van der Waals surface area contributed by atoms with Gasteiger partial charge < -0.3 is 10.1 Å². The van der Waals surface area contributed by atoms with E-state index in [2.05, 4.69) is 10.0 Å². The molecule has 1 atom stereocenters.